The Balaban J connectivity index is 1.95. The van der Waals surface area contributed by atoms with Gasteiger partial charge in [0.2, 0.25) is 5.95 Å². The van der Waals surface area contributed by atoms with E-state index in [-0.39, 0.29) is 12.1 Å². The molecular formula is C16H26N4O2. The molecule has 1 aromatic heterocycles. The van der Waals surface area contributed by atoms with Gasteiger partial charge in [0.05, 0.1) is 6.04 Å². The minimum Gasteiger partial charge on any atom is -0.444 e. The summed E-state index contributed by atoms with van der Waals surface area (Å²) >= 11 is 0. The summed E-state index contributed by atoms with van der Waals surface area (Å²) < 4.78 is 5.47. The maximum absolute atomic E-state index is 12.2. The predicted octanol–water partition coefficient (Wildman–Crippen LogP) is 2.90. The third-order valence-electron chi connectivity index (χ3n) is 3.48. The molecule has 6 heteroatoms. The molecule has 1 aromatic rings. The van der Waals surface area contributed by atoms with Gasteiger partial charge in [-0.15, -0.1) is 0 Å². The number of nitrogens with zero attached hydrogens (tertiary/aromatic N) is 3. The van der Waals surface area contributed by atoms with E-state index in [1.54, 1.807) is 4.90 Å². The molecule has 122 valence electrons. The SMILES string of the molecule is Cc1cc(C)nc(NCC2CCCN2C(=O)OC(C)(C)C)n1. The lowest BCUT2D eigenvalue weighted by atomic mass is 10.2. The largest absolute Gasteiger partial charge is 0.444 e. The van der Waals surface area contributed by atoms with E-state index in [9.17, 15) is 4.79 Å². The highest BCUT2D eigenvalue weighted by Crippen LogP contribution is 2.21. The van der Waals surface area contributed by atoms with E-state index >= 15 is 0 Å². The second-order valence-electron chi connectivity index (χ2n) is 6.83. The van der Waals surface area contributed by atoms with Crippen molar-refractivity contribution >= 4 is 12.0 Å². The first kappa shape index (κ1) is 16.5. The van der Waals surface area contributed by atoms with Crippen LogP contribution in [0.2, 0.25) is 0 Å². The van der Waals surface area contributed by atoms with Gasteiger partial charge < -0.3 is 15.0 Å². The number of hydrogen-bond acceptors (Lipinski definition) is 5. The summed E-state index contributed by atoms with van der Waals surface area (Å²) in [4.78, 5) is 22.8. The average Bonchev–Trinajstić information content (AvgIpc) is 2.81. The lowest BCUT2D eigenvalue weighted by Crippen LogP contribution is -2.42. The van der Waals surface area contributed by atoms with Gasteiger partial charge in [-0.05, 0) is 53.5 Å². The van der Waals surface area contributed by atoms with Gasteiger partial charge in [0.25, 0.3) is 0 Å². The van der Waals surface area contributed by atoms with Gasteiger partial charge in [-0.1, -0.05) is 0 Å². The number of ether oxygens (including phenoxy) is 1. The second kappa shape index (κ2) is 6.50. The van der Waals surface area contributed by atoms with Crippen LogP contribution in [0.1, 0.15) is 45.0 Å². The molecule has 0 aliphatic carbocycles. The van der Waals surface area contributed by atoms with Crippen LogP contribution in [0, 0.1) is 13.8 Å². The summed E-state index contributed by atoms with van der Waals surface area (Å²) in [6.07, 6.45) is 1.73. The van der Waals surface area contributed by atoms with Crippen LogP contribution in [0.3, 0.4) is 0 Å². The first-order valence-corrected chi connectivity index (χ1v) is 7.80. The quantitative estimate of drug-likeness (QED) is 0.930. The van der Waals surface area contributed by atoms with Crippen LogP contribution in [0.5, 0.6) is 0 Å². The number of likely N-dealkylation sites (tertiary alicyclic amines) is 1. The molecule has 0 bridgehead atoms. The Hall–Kier alpha value is -1.85. The van der Waals surface area contributed by atoms with E-state index in [2.05, 4.69) is 15.3 Å². The first-order chi connectivity index (χ1) is 10.2. The molecule has 1 aliphatic rings. The number of carbonyl (C=O) groups is 1. The van der Waals surface area contributed by atoms with Crippen molar-refractivity contribution in [2.75, 3.05) is 18.4 Å². The molecule has 22 heavy (non-hydrogen) atoms. The molecule has 1 saturated heterocycles. The van der Waals surface area contributed by atoms with Gasteiger partial charge in [-0.2, -0.15) is 0 Å². The van der Waals surface area contributed by atoms with Gasteiger partial charge in [-0.25, -0.2) is 14.8 Å². The van der Waals surface area contributed by atoms with Gasteiger partial charge in [-0.3, -0.25) is 0 Å². The van der Waals surface area contributed by atoms with Crippen LogP contribution in [0.4, 0.5) is 10.7 Å². The van der Waals surface area contributed by atoms with E-state index in [0.29, 0.717) is 12.5 Å². The normalized spacial score (nSPS) is 18.4. The smallest absolute Gasteiger partial charge is 0.410 e. The van der Waals surface area contributed by atoms with Gasteiger partial charge in [0.1, 0.15) is 5.60 Å². The molecule has 1 amide bonds. The molecular weight excluding hydrogens is 280 g/mol. The second-order valence-corrected chi connectivity index (χ2v) is 6.83. The van der Waals surface area contributed by atoms with E-state index in [1.807, 2.05) is 40.7 Å². The van der Waals surface area contributed by atoms with Crippen molar-refractivity contribution in [3.05, 3.63) is 17.5 Å². The topological polar surface area (TPSA) is 67.4 Å². The van der Waals surface area contributed by atoms with Gasteiger partial charge in [0, 0.05) is 24.5 Å². The molecule has 1 N–H and O–H groups in total. The highest BCUT2D eigenvalue weighted by atomic mass is 16.6. The van der Waals surface area contributed by atoms with Crippen molar-refractivity contribution in [1.82, 2.24) is 14.9 Å². The van der Waals surface area contributed by atoms with Crippen molar-refractivity contribution in [2.45, 2.75) is 59.1 Å². The Labute approximate surface area is 132 Å². The van der Waals surface area contributed by atoms with E-state index in [0.717, 1.165) is 30.8 Å². The Bertz CT molecular complexity index is 519. The summed E-state index contributed by atoms with van der Waals surface area (Å²) in [6, 6.07) is 2.06. The molecule has 0 spiro atoms. The fourth-order valence-corrected chi connectivity index (χ4v) is 2.62. The van der Waals surface area contributed by atoms with Crippen LogP contribution in [0.15, 0.2) is 6.07 Å². The maximum Gasteiger partial charge on any atom is 0.410 e. The van der Waals surface area contributed by atoms with Crippen LogP contribution < -0.4 is 5.32 Å². The number of amides is 1. The zero-order valence-electron chi connectivity index (χ0n) is 14.1. The van der Waals surface area contributed by atoms with E-state index in [4.69, 9.17) is 4.74 Å². The minimum atomic E-state index is -0.464. The molecule has 0 saturated carbocycles. The number of hydrogen-bond donors (Lipinski definition) is 1. The Morgan fingerprint density at radius 3 is 2.59 bits per heavy atom. The van der Waals surface area contributed by atoms with Gasteiger partial charge in [0.15, 0.2) is 0 Å². The zero-order valence-corrected chi connectivity index (χ0v) is 14.1. The van der Waals surface area contributed by atoms with E-state index < -0.39 is 5.60 Å². The number of aromatic nitrogens is 2. The fourth-order valence-electron chi connectivity index (χ4n) is 2.62. The standard InChI is InChI=1S/C16H26N4O2/c1-11-9-12(2)19-14(18-11)17-10-13-7-6-8-20(13)15(21)22-16(3,4)5/h9,13H,6-8,10H2,1-5H3,(H,17,18,19). The molecule has 6 nitrogen and oxygen atoms in total. The number of rotatable bonds is 3. The summed E-state index contributed by atoms with van der Waals surface area (Å²) in [5.41, 5.74) is 1.41. The lowest BCUT2D eigenvalue weighted by molar-refractivity contribution is 0.0235. The average molecular weight is 306 g/mol. The lowest BCUT2D eigenvalue weighted by Gasteiger charge is -2.28. The minimum absolute atomic E-state index is 0.124. The third kappa shape index (κ3) is 4.58. The number of aryl methyl sites for hydroxylation is 2. The number of nitrogens with one attached hydrogen (secondary N) is 1. The zero-order chi connectivity index (χ0) is 16.3. The molecule has 2 rings (SSSR count). The van der Waals surface area contributed by atoms with Crippen LogP contribution in [-0.2, 0) is 4.74 Å². The summed E-state index contributed by atoms with van der Waals surface area (Å²) in [5.74, 6) is 0.619. The maximum atomic E-state index is 12.2. The number of anilines is 1. The highest BCUT2D eigenvalue weighted by molar-refractivity contribution is 5.69. The van der Waals surface area contributed by atoms with Crippen LogP contribution in [0.25, 0.3) is 0 Å². The summed E-state index contributed by atoms with van der Waals surface area (Å²) in [6.45, 7) is 10.9. The van der Waals surface area contributed by atoms with Gasteiger partial charge >= 0.3 is 6.09 Å². The fraction of sp³-hybridized carbons (Fsp3) is 0.688. The Kier molecular flexibility index (Phi) is 4.88. The Morgan fingerprint density at radius 2 is 2.00 bits per heavy atom. The van der Waals surface area contributed by atoms with E-state index in [1.165, 1.54) is 0 Å². The molecule has 1 fully saturated rings. The molecule has 1 atom stereocenters. The third-order valence-corrected chi connectivity index (χ3v) is 3.48. The molecule has 0 radical (unpaired) electrons. The van der Waals surface area contributed by atoms with Crippen molar-refractivity contribution in [1.29, 1.82) is 0 Å². The molecule has 1 aliphatic heterocycles. The van der Waals surface area contributed by atoms with Crippen LogP contribution >= 0.6 is 0 Å². The summed E-state index contributed by atoms with van der Waals surface area (Å²) in [5, 5.41) is 3.24. The van der Waals surface area contributed by atoms with Crippen molar-refractivity contribution in [2.24, 2.45) is 0 Å². The summed E-state index contributed by atoms with van der Waals surface area (Å²) in [7, 11) is 0. The van der Waals surface area contributed by atoms with Crippen molar-refractivity contribution in [3.8, 4) is 0 Å². The molecule has 0 aromatic carbocycles. The molecule has 2 heterocycles. The predicted molar refractivity (Wildman–Crippen MR) is 86.0 cm³/mol. The van der Waals surface area contributed by atoms with Crippen molar-refractivity contribution < 1.29 is 9.53 Å². The molecule has 1 unspecified atom stereocenters. The monoisotopic (exact) mass is 306 g/mol. The van der Waals surface area contributed by atoms with Crippen LogP contribution in [-0.4, -0.2) is 45.7 Å². The Morgan fingerprint density at radius 1 is 1.36 bits per heavy atom. The van der Waals surface area contributed by atoms with Crippen molar-refractivity contribution in [3.63, 3.8) is 0 Å². The first-order valence-electron chi connectivity index (χ1n) is 7.80. The highest BCUT2D eigenvalue weighted by Gasteiger charge is 2.32. The number of carbonyl (C=O) groups excluding carboxylic acids is 1.